The number of aryl methyl sites for hydroxylation is 2. The molecule has 0 saturated carbocycles. The first-order chi connectivity index (χ1) is 13.1. The van der Waals surface area contributed by atoms with Crippen molar-refractivity contribution in [1.82, 2.24) is 9.55 Å². The van der Waals surface area contributed by atoms with Gasteiger partial charge in [0.15, 0.2) is 6.10 Å². The molecule has 0 aliphatic carbocycles. The lowest BCUT2D eigenvalue weighted by Crippen LogP contribution is -2.26. The monoisotopic (exact) mass is 390 g/mol. The summed E-state index contributed by atoms with van der Waals surface area (Å²) in [6.07, 6.45) is 0.0681. The van der Waals surface area contributed by atoms with Gasteiger partial charge in [0, 0.05) is 19.0 Å². The van der Waals surface area contributed by atoms with E-state index in [1.165, 1.54) is 0 Å². The summed E-state index contributed by atoms with van der Waals surface area (Å²) in [6, 6.07) is 5.49. The van der Waals surface area contributed by atoms with E-state index >= 15 is 0 Å². The second kappa shape index (κ2) is 9.08. The summed E-state index contributed by atoms with van der Waals surface area (Å²) >= 11 is 0. The number of fused-ring (bicyclic) bond motifs is 1. The Labute approximate surface area is 166 Å². The van der Waals surface area contributed by atoms with Crippen LogP contribution in [0.4, 0.5) is 0 Å². The molecule has 0 N–H and O–H groups in total. The molecule has 0 fully saturated rings. The molecule has 7 heteroatoms. The Balaban J connectivity index is 2.17. The number of nitrogens with zero attached hydrogens (tertiary/aromatic N) is 2. The number of imidazole rings is 1. The van der Waals surface area contributed by atoms with E-state index < -0.39 is 17.7 Å². The predicted molar refractivity (Wildman–Crippen MR) is 106 cm³/mol. The number of benzene rings is 1. The fourth-order valence-corrected chi connectivity index (χ4v) is 2.89. The molecule has 1 aromatic carbocycles. The molecule has 1 aromatic heterocycles. The van der Waals surface area contributed by atoms with E-state index in [0.717, 1.165) is 16.9 Å². The number of esters is 2. The minimum atomic E-state index is -0.693. The van der Waals surface area contributed by atoms with Crippen molar-refractivity contribution < 1.29 is 23.8 Å². The molecule has 0 aliphatic heterocycles. The lowest BCUT2D eigenvalue weighted by molar-refractivity contribution is -0.155. The molecule has 0 aliphatic rings. The van der Waals surface area contributed by atoms with Crippen LogP contribution in [0.2, 0.25) is 0 Å². The van der Waals surface area contributed by atoms with Gasteiger partial charge in [0.05, 0.1) is 24.1 Å². The van der Waals surface area contributed by atoms with Crippen molar-refractivity contribution in [2.24, 2.45) is 0 Å². The summed E-state index contributed by atoms with van der Waals surface area (Å²) in [4.78, 5) is 28.4. The number of hydrogen-bond acceptors (Lipinski definition) is 6. The van der Waals surface area contributed by atoms with Crippen molar-refractivity contribution >= 4 is 23.0 Å². The van der Waals surface area contributed by atoms with E-state index in [-0.39, 0.29) is 12.4 Å². The molecule has 0 saturated heterocycles. The van der Waals surface area contributed by atoms with E-state index in [2.05, 4.69) is 4.98 Å². The van der Waals surface area contributed by atoms with E-state index in [0.29, 0.717) is 25.3 Å². The van der Waals surface area contributed by atoms with Crippen LogP contribution in [-0.4, -0.2) is 39.8 Å². The van der Waals surface area contributed by atoms with Gasteiger partial charge in [-0.25, -0.2) is 9.78 Å². The van der Waals surface area contributed by atoms with Crippen LogP contribution >= 0.6 is 0 Å². The summed E-state index contributed by atoms with van der Waals surface area (Å²) in [6.45, 7) is 12.0. The number of aromatic nitrogens is 2. The Morgan fingerprint density at radius 2 is 1.93 bits per heavy atom. The van der Waals surface area contributed by atoms with Crippen LogP contribution < -0.4 is 4.74 Å². The highest BCUT2D eigenvalue weighted by atomic mass is 16.6. The molecular weight excluding hydrogens is 360 g/mol. The zero-order valence-corrected chi connectivity index (χ0v) is 17.6. The van der Waals surface area contributed by atoms with Crippen LogP contribution in [0.1, 0.15) is 53.8 Å². The van der Waals surface area contributed by atoms with Gasteiger partial charge < -0.3 is 18.8 Å². The first-order valence-electron chi connectivity index (χ1n) is 9.69. The SMILES string of the molecule is CCOC(=O)[C@@H](C)Oc1ccc2nc(CCC(=O)OC(C)(C)C)n(CC)c2c1. The Hall–Kier alpha value is -2.57. The van der Waals surface area contributed by atoms with Gasteiger partial charge in [-0.1, -0.05) is 0 Å². The van der Waals surface area contributed by atoms with Crippen molar-refractivity contribution in [2.45, 2.75) is 72.6 Å². The highest BCUT2D eigenvalue weighted by Crippen LogP contribution is 2.24. The van der Waals surface area contributed by atoms with Crippen LogP contribution in [0.15, 0.2) is 18.2 Å². The fourth-order valence-electron chi connectivity index (χ4n) is 2.89. The van der Waals surface area contributed by atoms with Crippen LogP contribution in [0.3, 0.4) is 0 Å². The van der Waals surface area contributed by atoms with Crippen LogP contribution in [-0.2, 0) is 32.0 Å². The predicted octanol–water partition coefficient (Wildman–Crippen LogP) is 3.66. The molecular formula is C21H30N2O5. The van der Waals surface area contributed by atoms with Gasteiger partial charge in [-0.2, -0.15) is 0 Å². The Kier molecular flexibility index (Phi) is 7.05. The quantitative estimate of drug-likeness (QED) is 0.640. The van der Waals surface area contributed by atoms with Crippen molar-refractivity contribution in [2.75, 3.05) is 6.61 Å². The maximum absolute atomic E-state index is 12.0. The summed E-state index contributed by atoms with van der Waals surface area (Å²) in [7, 11) is 0. The standard InChI is InChI=1S/C21H30N2O5/c1-7-23-17-13-15(27-14(3)20(25)26-8-2)9-10-16(17)22-18(23)11-12-19(24)28-21(4,5)6/h9-10,13-14H,7-8,11-12H2,1-6H3/t14-/m1/s1. The van der Waals surface area contributed by atoms with E-state index in [1.807, 2.05) is 44.4 Å². The molecule has 1 heterocycles. The summed E-state index contributed by atoms with van der Waals surface area (Å²) < 4.78 is 18.1. The average Bonchev–Trinajstić information content (AvgIpc) is 2.95. The largest absolute Gasteiger partial charge is 0.479 e. The van der Waals surface area contributed by atoms with Gasteiger partial charge in [0.2, 0.25) is 0 Å². The third-order valence-corrected chi connectivity index (χ3v) is 4.02. The van der Waals surface area contributed by atoms with Crippen LogP contribution in [0, 0.1) is 0 Å². The number of carbonyl (C=O) groups is 2. The third kappa shape index (κ3) is 5.71. The number of ether oxygens (including phenoxy) is 3. The minimum Gasteiger partial charge on any atom is -0.479 e. The van der Waals surface area contributed by atoms with Gasteiger partial charge in [-0.05, 0) is 53.7 Å². The Morgan fingerprint density at radius 3 is 2.54 bits per heavy atom. The van der Waals surface area contributed by atoms with Gasteiger partial charge >= 0.3 is 11.9 Å². The summed E-state index contributed by atoms with van der Waals surface area (Å²) in [5.41, 5.74) is 1.22. The third-order valence-electron chi connectivity index (χ3n) is 4.02. The molecule has 154 valence electrons. The zero-order valence-electron chi connectivity index (χ0n) is 17.6. The molecule has 2 rings (SSSR count). The first-order valence-corrected chi connectivity index (χ1v) is 9.69. The topological polar surface area (TPSA) is 79.7 Å². The fraction of sp³-hybridized carbons (Fsp3) is 0.571. The second-order valence-corrected chi connectivity index (χ2v) is 7.52. The number of rotatable bonds is 8. The molecule has 0 amide bonds. The van der Waals surface area contributed by atoms with E-state index in [9.17, 15) is 9.59 Å². The van der Waals surface area contributed by atoms with Crippen LogP contribution in [0.25, 0.3) is 11.0 Å². The molecule has 7 nitrogen and oxygen atoms in total. The molecule has 0 unspecified atom stereocenters. The second-order valence-electron chi connectivity index (χ2n) is 7.52. The van der Waals surface area contributed by atoms with E-state index in [4.69, 9.17) is 14.2 Å². The highest BCUT2D eigenvalue weighted by Gasteiger charge is 2.19. The minimum absolute atomic E-state index is 0.241. The highest BCUT2D eigenvalue weighted by molar-refractivity contribution is 5.79. The van der Waals surface area contributed by atoms with Crippen molar-refractivity contribution in [3.8, 4) is 5.75 Å². The number of hydrogen-bond donors (Lipinski definition) is 0. The zero-order chi connectivity index (χ0) is 20.9. The lowest BCUT2D eigenvalue weighted by Gasteiger charge is -2.19. The molecule has 0 bridgehead atoms. The van der Waals surface area contributed by atoms with Crippen molar-refractivity contribution in [3.05, 3.63) is 24.0 Å². The van der Waals surface area contributed by atoms with Gasteiger partial charge in [-0.15, -0.1) is 0 Å². The van der Waals surface area contributed by atoms with Gasteiger partial charge in [-0.3, -0.25) is 4.79 Å². The Bertz CT molecular complexity index is 835. The number of carbonyl (C=O) groups excluding carboxylic acids is 2. The molecule has 28 heavy (non-hydrogen) atoms. The maximum atomic E-state index is 12.0. The molecule has 2 aromatic rings. The van der Waals surface area contributed by atoms with Crippen LogP contribution in [0.5, 0.6) is 5.75 Å². The summed E-state index contributed by atoms with van der Waals surface area (Å²) in [5.74, 6) is 0.749. The van der Waals surface area contributed by atoms with E-state index in [1.54, 1.807) is 19.9 Å². The normalized spacial score (nSPS) is 12.6. The smallest absolute Gasteiger partial charge is 0.347 e. The maximum Gasteiger partial charge on any atom is 0.347 e. The van der Waals surface area contributed by atoms with Gasteiger partial charge in [0.1, 0.15) is 17.2 Å². The average molecular weight is 390 g/mol. The molecule has 0 radical (unpaired) electrons. The van der Waals surface area contributed by atoms with Crippen molar-refractivity contribution in [1.29, 1.82) is 0 Å². The van der Waals surface area contributed by atoms with Crippen molar-refractivity contribution in [3.63, 3.8) is 0 Å². The first kappa shape index (κ1) is 21.7. The summed E-state index contributed by atoms with van der Waals surface area (Å²) in [5, 5.41) is 0. The molecule has 1 atom stereocenters. The lowest BCUT2D eigenvalue weighted by atomic mass is 10.2. The van der Waals surface area contributed by atoms with Gasteiger partial charge in [0.25, 0.3) is 0 Å². The Morgan fingerprint density at radius 1 is 1.21 bits per heavy atom. The molecule has 0 spiro atoms.